The van der Waals surface area contributed by atoms with Gasteiger partial charge in [0.05, 0.1) is 22.0 Å². The Balaban J connectivity index is 1.81. The molecule has 34 heavy (non-hydrogen) atoms. The first-order valence-corrected chi connectivity index (χ1v) is 13.2. The second kappa shape index (κ2) is 10.8. The molecule has 0 atom stereocenters. The second-order valence-electron chi connectivity index (χ2n) is 7.00. The van der Waals surface area contributed by atoms with Crippen molar-refractivity contribution in [1.29, 1.82) is 0 Å². The lowest BCUT2D eigenvalue weighted by Gasteiger charge is -2.11. The van der Waals surface area contributed by atoms with Crippen LogP contribution in [0.25, 0.3) is 0 Å². The quantitative estimate of drug-likeness (QED) is 0.294. The molecule has 0 radical (unpaired) electrons. The van der Waals surface area contributed by atoms with Crippen molar-refractivity contribution in [1.82, 2.24) is 9.55 Å². The number of carbonyl (C=O) groups excluding carboxylic acids is 1. The zero-order chi connectivity index (χ0) is 24.8. The van der Waals surface area contributed by atoms with Gasteiger partial charge in [0.2, 0.25) is 15.9 Å². The van der Waals surface area contributed by atoms with Gasteiger partial charge in [-0.05, 0) is 54.1 Å². The van der Waals surface area contributed by atoms with Crippen molar-refractivity contribution in [2.24, 2.45) is 5.10 Å². The largest absolute Gasteiger partial charge is 0.326 e. The van der Waals surface area contributed by atoms with Gasteiger partial charge in [0, 0.05) is 17.6 Å². The van der Waals surface area contributed by atoms with E-state index in [-0.39, 0.29) is 28.0 Å². The van der Waals surface area contributed by atoms with Crippen LogP contribution < -0.4 is 14.9 Å². The first-order valence-electron chi connectivity index (χ1n) is 9.83. The number of hydrogen-bond donors (Lipinski definition) is 3. The average Bonchev–Trinajstić information content (AvgIpc) is 2.80. The van der Waals surface area contributed by atoms with E-state index in [0.29, 0.717) is 16.3 Å². The minimum absolute atomic E-state index is 0.0317. The Bertz CT molecular complexity index is 1390. The molecule has 0 fully saturated rings. The lowest BCUT2D eigenvalue weighted by Crippen LogP contribution is -2.32. The molecule has 9 nitrogen and oxygen atoms in total. The summed E-state index contributed by atoms with van der Waals surface area (Å²) < 4.78 is 53.1. The SMILES string of the molecule is CC(=O)Nc1ccc(S(=O)(=O)NC/C(=N/NS(=O)(=O)c2ccc(Cl)cc2)c2ccccc2)cc1. The molecular weight excluding hydrogens is 500 g/mol. The highest BCUT2D eigenvalue weighted by Gasteiger charge is 2.17. The van der Waals surface area contributed by atoms with Crippen LogP contribution in [-0.4, -0.2) is 35.0 Å². The summed E-state index contributed by atoms with van der Waals surface area (Å²) in [5.41, 5.74) is 1.12. The number of benzene rings is 3. The first-order chi connectivity index (χ1) is 16.1. The normalized spacial score (nSPS) is 12.2. The topological polar surface area (TPSA) is 134 Å². The van der Waals surface area contributed by atoms with Crippen LogP contribution in [0.5, 0.6) is 0 Å². The van der Waals surface area contributed by atoms with Crippen molar-refractivity contribution in [3.05, 3.63) is 89.4 Å². The number of amides is 1. The highest BCUT2D eigenvalue weighted by atomic mass is 35.5. The summed E-state index contributed by atoms with van der Waals surface area (Å²) in [5.74, 6) is -0.279. The maximum atomic E-state index is 12.8. The number of nitrogens with zero attached hydrogens (tertiary/aromatic N) is 1. The van der Waals surface area contributed by atoms with E-state index < -0.39 is 20.0 Å². The summed E-state index contributed by atoms with van der Waals surface area (Å²) >= 11 is 5.81. The number of hydrogen-bond acceptors (Lipinski definition) is 6. The van der Waals surface area contributed by atoms with Gasteiger partial charge in [-0.2, -0.15) is 18.4 Å². The summed E-state index contributed by atoms with van der Waals surface area (Å²) in [6.07, 6.45) is 0. The number of carbonyl (C=O) groups is 1. The average molecular weight is 521 g/mol. The van der Waals surface area contributed by atoms with Crippen LogP contribution in [0.4, 0.5) is 5.69 Å². The molecule has 0 aliphatic carbocycles. The summed E-state index contributed by atoms with van der Waals surface area (Å²) in [6.45, 7) is 1.06. The van der Waals surface area contributed by atoms with Crippen LogP contribution in [0.1, 0.15) is 12.5 Å². The Kier molecular flexibility index (Phi) is 8.05. The third-order valence-corrected chi connectivity index (χ3v) is 7.34. The molecule has 1 amide bonds. The molecule has 0 bridgehead atoms. The zero-order valence-electron chi connectivity index (χ0n) is 17.9. The fraction of sp³-hybridized carbons (Fsp3) is 0.0909. The van der Waals surface area contributed by atoms with Gasteiger partial charge in [-0.25, -0.2) is 13.1 Å². The van der Waals surface area contributed by atoms with Crippen molar-refractivity contribution in [3.63, 3.8) is 0 Å². The first kappa shape index (κ1) is 25.4. The number of hydrazone groups is 1. The van der Waals surface area contributed by atoms with Gasteiger partial charge in [-0.3, -0.25) is 4.79 Å². The number of nitrogens with one attached hydrogen (secondary N) is 3. The molecule has 3 N–H and O–H groups in total. The van der Waals surface area contributed by atoms with Crippen LogP contribution >= 0.6 is 11.6 Å². The fourth-order valence-electron chi connectivity index (χ4n) is 2.79. The molecule has 0 aliphatic heterocycles. The Morgan fingerprint density at radius 3 is 1.97 bits per heavy atom. The fourth-order valence-corrected chi connectivity index (χ4v) is 4.73. The van der Waals surface area contributed by atoms with Gasteiger partial charge in [-0.15, -0.1) is 0 Å². The van der Waals surface area contributed by atoms with Gasteiger partial charge >= 0.3 is 0 Å². The van der Waals surface area contributed by atoms with E-state index in [0.717, 1.165) is 0 Å². The van der Waals surface area contributed by atoms with Crippen LogP contribution in [0.3, 0.4) is 0 Å². The Morgan fingerprint density at radius 2 is 1.38 bits per heavy atom. The lowest BCUT2D eigenvalue weighted by molar-refractivity contribution is -0.114. The molecule has 0 saturated heterocycles. The number of anilines is 1. The molecule has 0 heterocycles. The number of halogens is 1. The van der Waals surface area contributed by atoms with Crippen LogP contribution in [0.2, 0.25) is 5.02 Å². The highest BCUT2D eigenvalue weighted by Crippen LogP contribution is 2.15. The van der Waals surface area contributed by atoms with Crippen molar-refractivity contribution in [2.75, 3.05) is 11.9 Å². The summed E-state index contributed by atoms with van der Waals surface area (Å²) in [4.78, 5) is 13.2. The predicted molar refractivity (Wildman–Crippen MR) is 131 cm³/mol. The van der Waals surface area contributed by atoms with E-state index in [4.69, 9.17) is 11.6 Å². The van der Waals surface area contributed by atoms with Gasteiger partial charge in [0.25, 0.3) is 10.0 Å². The van der Waals surface area contributed by atoms with E-state index in [1.165, 1.54) is 55.5 Å². The van der Waals surface area contributed by atoms with Gasteiger partial charge in [0.1, 0.15) is 0 Å². The van der Waals surface area contributed by atoms with Crippen LogP contribution in [-0.2, 0) is 24.8 Å². The van der Waals surface area contributed by atoms with E-state index in [2.05, 4.69) is 20.0 Å². The number of rotatable bonds is 9. The van der Waals surface area contributed by atoms with Crippen LogP contribution in [0, 0.1) is 0 Å². The minimum Gasteiger partial charge on any atom is -0.326 e. The molecular formula is C22H21ClN4O5S2. The van der Waals surface area contributed by atoms with Gasteiger partial charge in [0.15, 0.2) is 0 Å². The molecule has 3 aromatic rings. The van der Waals surface area contributed by atoms with Crippen molar-refractivity contribution in [3.8, 4) is 0 Å². The maximum absolute atomic E-state index is 12.8. The summed E-state index contributed by atoms with van der Waals surface area (Å²) in [6, 6.07) is 19.7. The predicted octanol–water partition coefficient (Wildman–Crippen LogP) is 2.96. The van der Waals surface area contributed by atoms with Crippen molar-refractivity contribution >= 4 is 49.0 Å². The third-order valence-electron chi connectivity index (χ3n) is 4.45. The standard InChI is InChI=1S/C22H21ClN4O5S2/c1-16(28)25-19-9-13-20(14-10-19)33(29,30)24-15-22(17-5-3-2-4-6-17)26-27-34(31,32)21-11-7-18(23)8-12-21/h2-14,24,27H,15H2,1H3,(H,25,28)/b26-22-. The van der Waals surface area contributed by atoms with E-state index in [1.807, 2.05) is 0 Å². The highest BCUT2D eigenvalue weighted by molar-refractivity contribution is 7.89. The maximum Gasteiger partial charge on any atom is 0.276 e. The molecule has 178 valence electrons. The smallest absolute Gasteiger partial charge is 0.276 e. The molecule has 12 heteroatoms. The summed E-state index contributed by atoms with van der Waals surface area (Å²) in [7, 11) is -7.96. The Morgan fingerprint density at radius 1 is 0.824 bits per heavy atom. The molecule has 0 aliphatic rings. The molecule has 3 rings (SSSR count). The third kappa shape index (κ3) is 6.87. The molecule has 3 aromatic carbocycles. The van der Waals surface area contributed by atoms with Gasteiger partial charge in [-0.1, -0.05) is 41.9 Å². The Hall–Kier alpha value is -3.25. The molecule has 0 unspecified atom stereocenters. The van der Waals surface area contributed by atoms with Gasteiger partial charge < -0.3 is 5.32 Å². The lowest BCUT2D eigenvalue weighted by atomic mass is 10.1. The van der Waals surface area contributed by atoms with E-state index in [9.17, 15) is 21.6 Å². The Labute approximate surface area is 203 Å². The number of sulfonamides is 2. The molecule has 0 saturated carbocycles. The van der Waals surface area contributed by atoms with Crippen molar-refractivity contribution in [2.45, 2.75) is 16.7 Å². The summed E-state index contributed by atoms with van der Waals surface area (Å²) in [5, 5.41) is 6.92. The van der Waals surface area contributed by atoms with E-state index in [1.54, 1.807) is 30.3 Å². The minimum atomic E-state index is -4.01. The van der Waals surface area contributed by atoms with Crippen molar-refractivity contribution < 1.29 is 21.6 Å². The monoisotopic (exact) mass is 520 g/mol. The molecule has 0 aromatic heterocycles. The molecule has 0 spiro atoms. The van der Waals surface area contributed by atoms with E-state index >= 15 is 0 Å². The second-order valence-corrected chi connectivity index (χ2v) is 10.9. The zero-order valence-corrected chi connectivity index (χ0v) is 20.3. The van der Waals surface area contributed by atoms with Crippen LogP contribution in [0.15, 0.2) is 93.8 Å².